The lowest BCUT2D eigenvalue weighted by Gasteiger charge is -2.40. The maximum Gasteiger partial charge on any atom is 0.118 e. The van der Waals surface area contributed by atoms with Crippen LogP contribution in [0.15, 0.2) is 24.3 Å². The molecule has 2 N–H and O–H groups in total. The number of ether oxygens (including phenoxy) is 1. The van der Waals surface area contributed by atoms with E-state index in [4.69, 9.17) is 10.5 Å². The second-order valence-corrected chi connectivity index (χ2v) is 5.49. The van der Waals surface area contributed by atoms with Crippen molar-refractivity contribution in [3.63, 3.8) is 0 Å². The highest BCUT2D eigenvalue weighted by Crippen LogP contribution is 2.39. The molecule has 0 spiro atoms. The molecule has 3 heteroatoms. The van der Waals surface area contributed by atoms with E-state index in [9.17, 15) is 0 Å². The minimum absolute atomic E-state index is 0.271. The maximum atomic E-state index is 6.36. The highest BCUT2D eigenvalue weighted by Gasteiger charge is 2.39. The highest BCUT2D eigenvalue weighted by atomic mass is 16.5. The second kappa shape index (κ2) is 4.90. The highest BCUT2D eigenvalue weighted by molar-refractivity contribution is 5.30. The van der Waals surface area contributed by atoms with E-state index in [-0.39, 0.29) is 6.04 Å². The van der Waals surface area contributed by atoms with Gasteiger partial charge in [0.05, 0.1) is 13.2 Å². The Morgan fingerprint density at radius 3 is 2.50 bits per heavy atom. The fraction of sp³-hybridized carbons (Fsp3) is 0.600. The van der Waals surface area contributed by atoms with E-state index in [1.807, 2.05) is 12.1 Å². The van der Waals surface area contributed by atoms with Crippen LogP contribution in [0.4, 0.5) is 0 Å². The molecule has 0 aromatic heterocycles. The van der Waals surface area contributed by atoms with Crippen LogP contribution in [0.3, 0.4) is 0 Å². The molecule has 0 radical (unpaired) electrons. The van der Waals surface area contributed by atoms with Gasteiger partial charge in [-0.2, -0.15) is 0 Å². The molecule has 1 aromatic rings. The van der Waals surface area contributed by atoms with Gasteiger partial charge in [0.25, 0.3) is 0 Å². The first kappa shape index (κ1) is 12.0. The first-order valence-electron chi connectivity index (χ1n) is 6.95. The molecule has 2 aliphatic rings. The van der Waals surface area contributed by atoms with Crippen LogP contribution in [0.5, 0.6) is 5.75 Å². The summed E-state index contributed by atoms with van der Waals surface area (Å²) in [6.07, 6.45) is 5.07. The average molecular weight is 246 g/mol. The Morgan fingerprint density at radius 1 is 1.17 bits per heavy atom. The van der Waals surface area contributed by atoms with Gasteiger partial charge in [-0.1, -0.05) is 12.1 Å². The summed E-state index contributed by atoms with van der Waals surface area (Å²) in [5, 5.41) is 0. The van der Waals surface area contributed by atoms with E-state index in [0.717, 1.165) is 18.2 Å². The molecule has 0 amide bonds. The molecule has 1 aliphatic heterocycles. The van der Waals surface area contributed by atoms with Crippen LogP contribution in [-0.2, 0) is 0 Å². The van der Waals surface area contributed by atoms with Crippen LogP contribution in [0, 0.1) is 0 Å². The van der Waals surface area contributed by atoms with E-state index in [0.29, 0.717) is 6.04 Å². The quantitative estimate of drug-likeness (QED) is 0.889. The van der Waals surface area contributed by atoms with Gasteiger partial charge in [-0.25, -0.2) is 0 Å². The third kappa shape index (κ3) is 2.25. The summed E-state index contributed by atoms with van der Waals surface area (Å²) in [7, 11) is 1.71. The Morgan fingerprint density at radius 2 is 1.89 bits per heavy atom. The normalized spacial score (nSPS) is 29.2. The molecule has 2 fully saturated rings. The van der Waals surface area contributed by atoms with Gasteiger partial charge in [-0.15, -0.1) is 0 Å². The summed E-state index contributed by atoms with van der Waals surface area (Å²) in [4.78, 5) is 2.62. The largest absolute Gasteiger partial charge is 0.497 e. The maximum absolute atomic E-state index is 6.36. The van der Waals surface area contributed by atoms with Gasteiger partial charge < -0.3 is 10.5 Å². The van der Waals surface area contributed by atoms with E-state index in [1.54, 1.807) is 7.11 Å². The number of methoxy groups -OCH3 is 1. The third-order valence-corrected chi connectivity index (χ3v) is 4.19. The zero-order valence-electron chi connectivity index (χ0n) is 11.0. The fourth-order valence-corrected chi connectivity index (χ4v) is 3.11. The Bertz CT molecular complexity index is 399. The molecule has 3 rings (SSSR count). The molecule has 1 heterocycles. The summed E-state index contributed by atoms with van der Waals surface area (Å²) in [5.41, 5.74) is 7.71. The summed E-state index contributed by atoms with van der Waals surface area (Å²) in [5.74, 6) is 0.918. The van der Waals surface area contributed by atoms with E-state index >= 15 is 0 Å². The number of hydrogen-bond donors (Lipinski definition) is 1. The first-order chi connectivity index (χ1) is 8.79. The number of hydrogen-bond acceptors (Lipinski definition) is 3. The van der Waals surface area contributed by atoms with Gasteiger partial charge in [0.2, 0.25) is 0 Å². The number of nitrogens with two attached hydrogens (primary N) is 1. The van der Waals surface area contributed by atoms with Crippen molar-refractivity contribution in [3.05, 3.63) is 29.8 Å². The average Bonchev–Trinajstić information content (AvgIpc) is 3.23. The van der Waals surface area contributed by atoms with Crippen molar-refractivity contribution in [2.45, 2.75) is 43.8 Å². The summed E-state index contributed by atoms with van der Waals surface area (Å²) < 4.78 is 5.23. The van der Waals surface area contributed by atoms with Crippen LogP contribution >= 0.6 is 0 Å². The van der Waals surface area contributed by atoms with Gasteiger partial charge >= 0.3 is 0 Å². The van der Waals surface area contributed by atoms with Crippen LogP contribution in [0.1, 0.15) is 37.3 Å². The van der Waals surface area contributed by atoms with Crippen molar-refractivity contribution >= 4 is 0 Å². The predicted molar refractivity (Wildman–Crippen MR) is 72.7 cm³/mol. The van der Waals surface area contributed by atoms with Crippen LogP contribution < -0.4 is 10.5 Å². The molecule has 2 unspecified atom stereocenters. The number of benzene rings is 1. The molecule has 98 valence electrons. The van der Waals surface area contributed by atoms with Crippen LogP contribution in [-0.4, -0.2) is 30.6 Å². The van der Waals surface area contributed by atoms with Gasteiger partial charge in [-0.05, 0) is 49.9 Å². The number of rotatable bonds is 3. The summed E-state index contributed by atoms with van der Waals surface area (Å²) in [6, 6.07) is 9.88. The zero-order chi connectivity index (χ0) is 12.5. The SMILES string of the molecule is COc1ccc(C2C(N)CCCN2C2CC2)cc1. The van der Waals surface area contributed by atoms with E-state index in [2.05, 4.69) is 17.0 Å². The standard InChI is InChI=1S/C15H22N2O/c1-18-13-8-4-11(5-9-13)15-14(16)3-2-10-17(15)12-6-7-12/h4-5,8-9,12,14-15H,2-3,6-7,10,16H2,1H3. The van der Waals surface area contributed by atoms with Crippen molar-refractivity contribution in [1.82, 2.24) is 4.90 Å². The van der Waals surface area contributed by atoms with Gasteiger partial charge in [0.1, 0.15) is 5.75 Å². The monoisotopic (exact) mass is 246 g/mol. The van der Waals surface area contributed by atoms with Crippen molar-refractivity contribution in [2.24, 2.45) is 5.73 Å². The van der Waals surface area contributed by atoms with Crippen LogP contribution in [0.25, 0.3) is 0 Å². The Hall–Kier alpha value is -1.06. The Balaban J connectivity index is 1.85. The molecule has 1 saturated heterocycles. The third-order valence-electron chi connectivity index (χ3n) is 4.19. The zero-order valence-corrected chi connectivity index (χ0v) is 11.0. The Kier molecular flexibility index (Phi) is 3.27. The van der Waals surface area contributed by atoms with E-state index in [1.165, 1.54) is 31.4 Å². The van der Waals surface area contributed by atoms with Crippen molar-refractivity contribution in [3.8, 4) is 5.75 Å². The molecule has 1 aromatic carbocycles. The molecular weight excluding hydrogens is 224 g/mol. The Labute approximate surface area is 109 Å². The molecule has 18 heavy (non-hydrogen) atoms. The number of nitrogens with zero attached hydrogens (tertiary/aromatic N) is 1. The molecule has 1 saturated carbocycles. The van der Waals surface area contributed by atoms with Gasteiger partial charge in [0.15, 0.2) is 0 Å². The smallest absolute Gasteiger partial charge is 0.118 e. The lowest BCUT2D eigenvalue weighted by molar-refractivity contribution is 0.120. The van der Waals surface area contributed by atoms with Gasteiger partial charge in [0, 0.05) is 12.1 Å². The topological polar surface area (TPSA) is 38.5 Å². The number of piperidine rings is 1. The first-order valence-corrected chi connectivity index (χ1v) is 6.95. The minimum Gasteiger partial charge on any atom is -0.497 e. The van der Waals surface area contributed by atoms with Crippen molar-refractivity contribution in [1.29, 1.82) is 0 Å². The second-order valence-electron chi connectivity index (χ2n) is 5.49. The summed E-state index contributed by atoms with van der Waals surface area (Å²) >= 11 is 0. The molecule has 3 nitrogen and oxygen atoms in total. The molecule has 0 bridgehead atoms. The van der Waals surface area contributed by atoms with Gasteiger partial charge in [-0.3, -0.25) is 4.90 Å². The molecule has 2 atom stereocenters. The lowest BCUT2D eigenvalue weighted by Crippen LogP contribution is -2.46. The van der Waals surface area contributed by atoms with E-state index < -0.39 is 0 Å². The molecule has 1 aliphatic carbocycles. The van der Waals surface area contributed by atoms with Crippen molar-refractivity contribution < 1.29 is 4.74 Å². The summed E-state index contributed by atoms with van der Waals surface area (Å²) in [6.45, 7) is 1.20. The molecular formula is C15H22N2O. The van der Waals surface area contributed by atoms with Crippen molar-refractivity contribution in [2.75, 3.05) is 13.7 Å². The predicted octanol–water partition coefficient (Wildman–Crippen LogP) is 2.32. The van der Waals surface area contributed by atoms with Crippen LogP contribution in [0.2, 0.25) is 0 Å². The lowest BCUT2D eigenvalue weighted by atomic mass is 9.90. The minimum atomic E-state index is 0.271. The fourth-order valence-electron chi connectivity index (χ4n) is 3.11. The number of likely N-dealkylation sites (tertiary alicyclic amines) is 1.